The van der Waals surface area contributed by atoms with Crippen molar-refractivity contribution < 1.29 is 24.5 Å². The van der Waals surface area contributed by atoms with Gasteiger partial charge in [-0.1, -0.05) is 157 Å². The van der Waals surface area contributed by atoms with Crippen molar-refractivity contribution in [3.8, 4) is 50.6 Å². The number of rotatable bonds is 8. The third-order valence-electron chi connectivity index (χ3n) is 15.7. The molecule has 2 bridgehead atoms. The summed E-state index contributed by atoms with van der Waals surface area (Å²) in [6.45, 7) is 21.4. The quantitative estimate of drug-likeness (QED) is 0.112. The Kier molecular flexibility index (Phi) is 12.8. The first-order chi connectivity index (χ1) is 33.7. The van der Waals surface area contributed by atoms with E-state index in [9.17, 15) is 0 Å². The Bertz CT molecular complexity index is 3530. The fourth-order valence-corrected chi connectivity index (χ4v) is 12.5. The van der Waals surface area contributed by atoms with E-state index in [1.807, 2.05) is 36.5 Å². The maximum Gasteiger partial charge on any atom is 0.121 e. The van der Waals surface area contributed by atoms with Gasteiger partial charge in [0.2, 0.25) is 0 Å². The minimum Gasteiger partial charge on any atom is -0.501 e. The number of hydrogen-bond donors (Lipinski definition) is 0. The van der Waals surface area contributed by atoms with E-state index < -0.39 is 8.07 Å². The summed E-state index contributed by atoms with van der Waals surface area (Å²) in [4.78, 5) is 9.92. The molecule has 1 fully saturated rings. The van der Waals surface area contributed by atoms with Gasteiger partial charge < -0.3 is 14.0 Å². The van der Waals surface area contributed by atoms with Crippen LogP contribution in [-0.2, 0) is 30.9 Å². The number of fused-ring (bicyclic) bond motifs is 6. The molecule has 6 heteroatoms. The predicted molar refractivity (Wildman–Crippen MR) is 296 cm³/mol. The number of nitrogens with zero attached hydrogens (tertiary/aromatic N) is 3. The van der Waals surface area contributed by atoms with Gasteiger partial charge in [-0.15, -0.1) is 54.1 Å². The molecule has 71 heavy (non-hydrogen) atoms. The maximum absolute atomic E-state index is 6.83. The fraction of sp³-hybridized carbons (Fsp3) is 0.262. The molecule has 3 aliphatic rings. The summed E-state index contributed by atoms with van der Waals surface area (Å²) in [6.07, 6.45) is 7.12. The number of aromatic nitrogens is 3. The average molecular weight is 1120 g/mol. The van der Waals surface area contributed by atoms with Crippen LogP contribution in [0, 0.1) is 12.1 Å². The van der Waals surface area contributed by atoms with Crippen LogP contribution in [0.4, 0.5) is 0 Å². The number of furan rings is 1. The van der Waals surface area contributed by atoms with Crippen molar-refractivity contribution in [3.63, 3.8) is 0 Å². The van der Waals surface area contributed by atoms with Gasteiger partial charge >= 0.3 is 0 Å². The topological polar surface area (TPSA) is 43.9 Å². The fourth-order valence-electron chi connectivity index (χ4n) is 11.5. The van der Waals surface area contributed by atoms with Crippen LogP contribution in [0.25, 0.3) is 83.6 Å². The van der Waals surface area contributed by atoms with Crippen molar-refractivity contribution in [2.45, 2.75) is 110 Å². The Morgan fingerprint density at radius 2 is 1.34 bits per heavy atom. The Labute approximate surface area is 435 Å². The first-order valence-corrected chi connectivity index (χ1v) is 28.9. The molecule has 4 nitrogen and oxygen atoms in total. The van der Waals surface area contributed by atoms with Gasteiger partial charge in [0, 0.05) is 37.4 Å². The van der Waals surface area contributed by atoms with Crippen LogP contribution in [-0.4, -0.2) is 22.6 Å². The minimum absolute atomic E-state index is 0. The van der Waals surface area contributed by atoms with E-state index in [1.165, 1.54) is 64.4 Å². The first-order valence-electron chi connectivity index (χ1n) is 25.4. The van der Waals surface area contributed by atoms with Crippen molar-refractivity contribution in [3.05, 3.63) is 192 Å². The zero-order valence-corrected chi connectivity index (χ0v) is 46.0. The van der Waals surface area contributed by atoms with E-state index in [2.05, 4.69) is 204 Å². The maximum atomic E-state index is 6.83. The van der Waals surface area contributed by atoms with Crippen LogP contribution >= 0.6 is 0 Å². The third-order valence-corrected chi connectivity index (χ3v) is 17.7. The molecule has 7 aromatic carbocycles. The van der Waals surface area contributed by atoms with E-state index >= 15 is 0 Å². The Morgan fingerprint density at radius 1 is 0.634 bits per heavy atom. The SMILES string of the molecule is CC(C)c1cc(-c2cccc3c2C2(C)CCC3(C)CC2)cc(C(C)C)c1-n1c(-c2[c-]ccc3c2oc2cc(-c4ccccc4)ccc23)nc2ccccc21.C[Si](C)(C)c1ccc(-c2[c-]cccc2)nc1.[Ir]. The van der Waals surface area contributed by atoms with E-state index in [4.69, 9.17) is 9.40 Å². The van der Waals surface area contributed by atoms with Crippen LogP contribution in [0.15, 0.2) is 162 Å². The van der Waals surface area contributed by atoms with Gasteiger partial charge in [0.15, 0.2) is 0 Å². The Hall–Kier alpha value is -6.17. The molecule has 10 aromatic rings. The zero-order valence-electron chi connectivity index (χ0n) is 42.6. The largest absolute Gasteiger partial charge is 0.501 e. The number of para-hydroxylation sites is 2. The second kappa shape index (κ2) is 18.8. The first kappa shape index (κ1) is 48.5. The van der Waals surface area contributed by atoms with E-state index in [1.54, 1.807) is 11.1 Å². The van der Waals surface area contributed by atoms with Crippen molar-refractivity contribution in [1.82, 2.24) is 14.5 Å². The van der Waals surface area contributed by atoms with Gasteiger partial charge in [0.1, 0.15) is 5.58 Å². The van der Waals surface area contributed by atoms with Crippen molar-refractivity contribution in [2.24, 2.45) is 0 Å². The number of hydrogen-bond acceptors (Lipinski definition) is 3. The molecule has 0 aliphatic heterocycles. The van der Waals surface area contributed by atoms with Gasteiger partial charge in [0.25, 0.3) is 0 Å². The second-order valence-corrected chi connectivity index (χ2v) is 27.2. The van der Waals surface area contributed by atoms with Gasteiger partial charge in [-0.25, -0.2) is 0 Å². The summed E-state index contributed by atoms with van der Waals surface area (Å²) in [5, 5.41) is 3.57. The van der Waals surface area contributed by atoms with Gasteiger partial charge in [0.05, 0.1) is 30.5 Å². The number of benzene rings is 7. The van der Waals surface area contributed by atoms with E-state index in [-0.39, 0.29) is 42.8 Å². The molecule has 3 aliphatic carbocycles. The molecular weight excluding hydrogens is 1060 g/mol. The molecule has 0 spiro atoms. The molecule has 13 rings (SSSR count). The van der Waals surface area contributed by atoms with Gasteiger partial charge in [-0.3, -0.25) is 4.98 Å². The zero-order chi connectivity index (χ0) is 48.5. The summed E-state index contributed by atoms with van der Waals surface area (Å²) < 4.78 is 9.25. The molecule has 0 N–H and O–H groups in total. The molecule has 1 saturated carbocycles. The molecule has 359 valence electrons. The van der Waals surface area contributed by atoms with Crippen molar-refractivity contribution >= 4 is 46.2 Å². The predicted octanol–water partition coefficient (Wildman–Crippen LogP) is 17.2. The molecule has 0 amide bonds. The molecule has 0 unspecified atom stereocenters. The summed E-state index contributed by atoms with van der Waals surface area (Å²) >= 11 is 0. The van der Waals surface area contributed by atoms with Crippen LogP contribution in [0.1, 0.15) is 101 Å². The standard InChI is InChI=1S/C51H47N2O.C14H16NSi.Ir/c1-31(2)40-28-35(36-16-13-19-42-46(36)51(6)26-24-50(42,5)25-27-51)29-41(32(3)4)47(40)53-44-21-11-10-20-43(44)52-49(53)39-18-12-17-38-37-23-22-34(30-45(37)54-48(38)39)33-14-8-7-9-15-33;1-16(2,3)13-9-10-14(15-11-13)12-7-5-4-6-8-12;/h7-17,19-23,28-32H,24-27H2,1-6H3;4-7,9-11H,1-3H3;/q2*-1;. The summed E-state index contributed by atoms with van der Waals surface area (Å²) in [7, 11) is -1.23. The second-order valence-electron chi connectivity index (χ2n) is 22.2. The van der Waals surface area contributed by atoms with E-state index in [0.29, 0.717) is 0 Å². The van der Waals surface area contributed by atoms with Gasteiger partial charge in [-0.2, -0.15) is 0 Å². The summed E-state index contributed by atoms with van der Waals surface area (Å²) in [5.74, 6) is 1.41. The molecule has 0 saturated heterocycles. The molecule has 3 heterocycles. The average Bonchev–Trinajstić information content (AvgIpc) is 3.95. The summed E-state index contributed by atoms with van der Waals surface area (Å²) in [6, 6.07) is 61.0. The normalized spacial score (nSPS) is 17.4. The molecule has 1 radical (unpaired) electrons. The van der Waals surface area contributed by atoms with Crippen molar-refractivity contribution in [1.29, 1.82) is 0 Å². The van der Waals surface area contributed by atoms with Crippen molar-refractivity contribution in [2.75, 3.05) is 0 Å². The van der Waals surface area contributed by atoms with Gasteiger partial charge in [-0.05, 0) is 134 Å². The smallest absolute Gasteiger partial charge is 0.121 e. The number of imidazole rings is 1. The van der Waals surface area contributed by atoms with E-state index in [0.717, 1.165) is 61.2 Å². The monoisotopic (exact) mass is 1120 g/mol. The van der Waals surface area contributed by atoms with Crippen LogP contribution < -0.4 is 5.19 Å². The molecule has 0 atom stereocenters. The Balaban J connectivity index is 0.000000292. The third kappa shape index (κ3) is 8.66. The van der Waals surface area contributed by atoms with Crippen LogP contribution in [0.5, 0.6) is 0 Å². The van der Waals surface area contributed by atoms with Crippen LogP contribution in [0.3, 0.4) is 0 Å². The number of pyridine rings is 1. The van der Waals surface area contributed by atoms with Crippen LogP contribution in [0.2, 0.25) is 19.6 Å². The molecule has 3 aromatic heterocycles. The molecular formula is C65H63IrN3OSi-2. The summed E-state index contributed by atoms with van der Waals surface area (Å²) in [5.41, 5.74) is 19.3. The Morgan fingerprint density at radius 3 is 2.01 bits per heavy atom. The minimum atomic E-state index is -1.23.